The van der Waals surface area contributed by atoms with Crippen LogP contribution in [0.1, 0.15) is 48.2 Å². The molecule has 1 aromatic rings. The predicted molar refractivity (Wildman–Crippen MR) is 73.4 cm³/mol. The van der Waals surface area contributed by atoms with Crippen LogP contribution in [0.15, 0.2) is 0 Å². The van der Waals surface area contributed by atoms with Gasteiger partial charge in [0.05, 0.1) is 6.61 Å². The molecule has 0 saturated heterocycles. The summed E-state index contributed by atoms with van der Waals surface area (Å²) in [6, 6.07) is 0. The normalized spacial score (nSPS) is 22.3. The number of nitrogens with one attached hydrogen (secondary N) is 2. The highest BCUT2D eigenvalue weighted by molar-refractivity contribution is 5.79. The first-order chi connectivity index (χ1) is 9.31. The fourth-order valence-electron chi connectivity index (χ4n) is 3.37. The lowest BCUT2D eigenvalue weighted by Gasteiger charge is -2.13. The van der Waals surface area contributed by atoms with Crippen LogP contribution in [0.3, 0.4) is 0 Å². The van der Waals surface area contributed by atoms with Crippen molar-refractivity contribution in [1.29, 1.82) is 0 Å². The number of aromatic nitrogens is 1. The standard InChI is InChI=1S/C15H22N2O2/c1-2-19-15(18)12-9-16-8-7-11-10-5-3-4-6-13(10)17-14(11)12/h12,16-17H,2-9H2,1H3. The summed E-state index contributed by atoms with van der Waals surface area (Å²) < 4.78 is 5.23. The van der Waals surface area contributed by atoms with E-state index in [-0.39, 0.29) is 11.9 Å². The van der Waals surface area contributed by atoms with Gasteiger partial charge < -0.3 is 15.0 Å². The van der Waals surface area contributed by atoms with Crippen molar-refractivity contribution in [2.75, 3.05) is 19.7 Å². The lowest BCUT2D eigenvalue weighted by Crippen LogP contribution is -2.27. The lowest BCUT2D eigenvalue weighted by molar-refractivity contribution is -0.144. The lowest BCUT2D eigenvalue weighted by atomic mass is 9.92. The number of aromatic amines is 1. The molecule has 0 radical (unpaired) electrons. The van der Waals surface area contributed by atoms with Gasteiger partial charge in [-0.25, -0.2) is 0 Å². The van der Waals surface area contributed by atoms with Gasteiger partial charge in [-0.05, 0) is 56.7 Å². The average molecular weight is 262 g/mol. The van der Waals surface area contributed by atoms with Crippen LogP contribution in [-0.2, 0) is 28.8 Å². The maximum atomic E-state index is 12.1. The third-order valence-corrected chi connectivity index (χ3v) is 4.26. The summed E-state index contributed by atoms with van der Waals surface area (Å²) in [7, 11) is 0. The molecule has 19 heavy (non-hydrogen) atoms. The molecule has 4 heteroatoms. The first kappa shape index (κ1) is 12.7. The van der Waals surface area contributed by atoms with E-state index >= 15 is 0 Å². The Morgan fingerprint density at radius 3 is 2.95 bits per heavy atom. The third-order valence-electron chi connectivity index (χ3n) is 4.26. The summed E-state index contributed by atoms with van der Waals surface area (Å²) in [5.41, 5.74) is 5.36. The number of esters is 1. The molecular formula is C15H22N2O2. The van der Waals surface area contributed by atoms with Crippen molar-refractivity contribution < 1.29 is 9.53 Å². The molecule has 1 atom stereocenters. The molecule has 2 N–H and O–H groups in total. The van der Waals surface area contributed by atoms with Crippen molar-refractivity contribution in [3.63, 3.8) is 0 Å². The monoisotopic (exact) mass is 262 g/mol. The molecule has 1 aliphatic heterocycles. The van der Waals surface area contributed by atoms with Gasteiger partial charge in [-0.1, -0.05) is 0 Å². The SMILES string of the molecule is CCOC(=O)C1CNCCc2c1[nH]c1c2CCCC1. The van der Waals surface area contributed by atoms with Gasteiger partial charge in [-0.3, -0.25) is 4.79 Å². The Morgan fingerprint density at radius 2 is 2.11 bits per heavy atom. The van der Waals surface area contributed by atoms with Crippen LogP contribution in [0.5, 0.6) is 0 Å². The topological polar surface area (TPSA) is 54.1 Å². The number of rotatable bonds is 2. The Morgan fingerprint density at radius 1 is 1.26 bits per heavy atom. The molecule has 0 spiro atoms. The van der Waals surface area contributed by atoms with Gasteiger partial charge in [0.15, 0.2) is 0 Å². The number of carbonyl (C=O) groups is 1. The van der Waals surface area contributed by atoms with E-state index in [0.29, 0.717) is 13.2 Å². The molecule has 0 aromatic carbocycles. The van der Waals surface area contributed by atoms with Crippen molar-refractivity contribution in [3.05, 3.63) is 22.5 Å². The Labute approximate surface area is 113 Å². The van der Waals surface area contributed by atoms with Crippen LogP contribution in [-0.4, -0.2) is 30.6 Å². The van der Waals surface area contributed by atoms with Crippen molar-refractivity contribution in [2.24, 2.45) is 0 Å². The smallest absolute Gasteiger partial charge is 0.316 e. The molecule has 0 amide bonds. The van der Waals surface area contributed by atoms with Crippen LogP contribution in [0.4, 0.5) is 0 Å². The van der Waals surface area contributed by atoms with Crippen LogP contribution < -0.4 is 5.32 Å². The summed E-state index contributed by atoms with van der Waals surface area (Å²) in [6.45, 7) is 3.95. The van der Waals surface area contributed by atoms with E-state index in [1.807, 2.05) is 6.92 Å². The highest BCUT2D eigenvalue weighted by atomic mass is 16.5. The predicted octanol–water partition coefficient (Wildman–Crippen LogP) is 1.69. The number of carbonyl (C=O) groups excluding carboxylic acids is 1. The van der Waals surface area contributed by atoms with Gasteiger partial charge in [0.2, 0.25) is 0 Å². The molecule has 0 saturated carbocycles. The Hall–Kier alpha value is -1.29. The summed E-state index contributed by atoms with van der Waals surface area (Å²) in [6.07, 6.45) is 5.85. The summed E-state index contributed by atoms with van der Waals surface area (Å²) in [4.78, 5) is 15.7. The molecule has 1 unspecified atom stereocenters. The van der Waals surface area contributed by atoms with Gasteiger partial charge in [0.1, 0.15) is 5.92 Å². The van der Waals surface area contributed by atoms with Crippen LogP contribution in [0.25, 0.3) is 0 Å². The minimum absolute atomic E-state index is 0.100. The van der Waals surface area contributed by atoms with E-state index in [0.717, 1.165) is 31.5 Å². The molecule has 104 valence electrons. The molecule has 2 aliphatic rings. The number of fused-ring (bicyclic) bond motifs is 3. The van der Waals surface area contributed by atoms with E-state index in [1.165, 1.54) is 29.7 Å². The molecule has 3 rings (SSSR count). The van der Waals surface area contributed by atoms with Gasteiger partial charge in [-0.15, -0.1) is 0 Å². The molecule has 2 heterocycles. The molecule has 4 nitrogen and oxygen atoms in total. The largest absolute Gasteiger partial charge is 0.465 e. The number of hydrogen-bond donors (Lipinski definition) is 2. The molecule has 0 bridgehead atoms. The molecule has 1 aromatic heterocycles. The summed E-state index contributed by atoms with van der Waals surface area (Å²) >= 11 is 0. The first-order valence-corrected chi connectivity index (χ1v) is 7.41. The second-order valence-corrected chi connectivity index (χ2v) is 5.44. The second kappa shape index (κ2) is 5.37. The minimum atomic E-state index is -0.164. The molecule has 0 fully saturated rings. The van der Waals surface area contributed by atoms with Crippen molar-refractivity contribution >= 4 is 5.97 Å². The fraction of sp³-hybridized carbons (Fsp3) is 0.667. The zero-order valence-corrected chi connectivity index (χ0v) is 11.6. The van der Waals surface area contributed by atoms with Crippen LogP contribution >= 0.6 is 0 Å². The highest BCUT2D eigenvalue weighted by Crippen LogP contribution is 2.32. The zero-order chi connectivity index (χ0) is 13.2. The Kier molecular flexibility index (Phi) is 3.60. The van der Waals surface area contributed by atoms with Crippen molar-refractivity contribution in [1.82, 2.24) is 10.3 Å². The van der Waals surface area contributed by atoms with Gasteiger partial charge in [0.25, 0.3) is 0 Å². The summed E-state index contributed by atoms with van der Waals surface area (Å²) in [5, 5.41) is 3.36. The third kappa shape index (κ3) is 2.29. The van der Waals surface area contributed by atoms with Crippen LogP contribution in [0.2, 0.25) is 0 Å². The summed E-state index contributed by atoms with van der Waals surface area (Å²) in [5.74, 6) is -0.264. The zero-order valence-electron chi connectivity index (χ0n) is 11.6. The van der Waals surface area contributed by atoms with E-state index < -0.39 is 0 Å². The average Bonchev–Trinajstić information content (AvgIpc) is 2.64. The Bertz CT molecular complexity index is 479. The Balaban J connectivity index is 1.98. The first-order valence-electron chi connectivity index (χ1n) is 7.41. The number of H-pyrrole nitrogens is 1. The van der Waals surface area contributed by atoms with Crippen LogP contribution in [0, 0.1) is 0 Å². The fourth-order valence-corrected chi connectivity index (χ4v) is 3.37. The molecule has 1 aliphatic carbocycles. The number of aryl methyl sites for hydroxylation is 1. The number of hydrogen-bond acceptors (Lipinski definition) is 3. The van der Waals surface area contributed by atoms with Gasteiger partial charge >= 0.3 is 5.97 Å². The van der Waals surface area contributed by atoms with Crippen molar-refractivity contribution in [3.8, 4) is 0 Å². The van der Waals surface area contributed by atoms with E-state index in [1.54, 1.807) is 0 Å². The van der Waals surface area contributed by atoms with E-state index in [4.69, 9.17) is 4.74 Å². The number of ether oxygens (including phenoxy) is 1. The van der Waals surface area contributed by atoms with Crippen molar-refractivity contribution in [2.45, 2.75) is 44.9 Å². The molecular weight excluding hydrogens is 240 g/mol. The van der Waals surface area contributed by atoms with E-state index in [9.17, 15) is 4.79 Å². The highest BCUT2D eigenvalue weighted by Gasteiger charge is 2.31. The minimum Gasteiger partial charge on any atom is -0.465 e. The van der Waals surface area contributed by atoms with Gasteiger partial charge in [-0.2, -0.15) is 0 Å². The maximum absolute atomic E-state index is 12.1. The van der Waals surface area contributed by atoms with E-state index in [2.05, 4.69) is 10.3 Å². The van der Waals surface area contributed by atoms with Gasteiger partial charge in [0, 0.05) is 17.9 Å². The second-order valence-electron chi connectivity index (χ2n) is 5.44. The quantitative estimate of drug-likeness (QED) is 0.797. The maximum Gasteiger partial charge on any atom is 0.316 e.